The van der Waals surface area contributed by atoms with Crippen LogP contribution >= 0.6 is 8.53 Å². The molecule has 0 aliphatic carbocycles. The molecule has 16 unspecified atom stereocenters. The number of hydrogen-bond acceptors (Lipinski definition) is 33. The Morgan fingerprint density at radius 1 is 0.398 bits per heavy atom. The second kappa shape index (κ2) is 57.7. The summed E-state index contributed by atoms with van der Waals surface area (Å²) < 4.78 is 106. The molecule has 118 heavy (non-hydrogen) atoms. The van der Waals surface area contributed by atoms with E-state index < -0.39 is 189 Å². The van der Waals surface area contributed by atoms with E-state index in [0.717, 1.165) is 0 Å². The highest BCUT2D eigenvalue weighted by atomic mass is 31.2. The number of carbonyl (C=O) groups excluding carboxylic acids is 14. The summed E-state index contributed by atoms with van der Waals surface area (Å²) in [4.78, 5) is 182. The quantitative estimate of drug-likeness (QED) is 0.0191. The van der Waals surface area contributed by atoms with E-state index in [1.54, 1.807) is 20.8 Å². The molecule has 672 valence electrons. The monoisotopic (exact) mass is 1710 g/mol. The smallest absolute Gasteiger partial charge is 0.303 e. The Hall–Kier alpha value is -7.42. The third-order valence-corrected chi connectivity index (χ3v) is 20.7. The van der Waals surface area contributed by atoms with Gasteiger partial charge in [0.2, 0.25) is 36.1 Å². The molecule has 39 nitrogen and oxygen atoms in total. The summed E-state index contributed by atoms with van der Waals surface area (Å²) in [5, 5.41) is 13.8. The molecule has 40 heteroatoms. The molecular weight excluding hydrogens is 1580 g/mol. The van der Waals surface area contributed by atoms with Crippen molar-refractivity contribution in [1.82, 2.24) is 31.3 Å². The zero-order chi connectivity index (χ0) is 88.0. The Kier molecular flexibility index (Phi) is 51.3. The molecule has 3 fully saturated rings. The topological polar surface area (TPSA) is 473 Å². The van der Waals surface area contributed by atoms with Gasteiger partial charge in [0, 0.05) is 150 Å². The van der Waals surface area contributed by atoms with E-state index in [0.29, 0.717) is 0 Å². The van der Waals surface area contributed by atoms with Crippen molar-refractivity contribution >= 4 is 91.2 Å². The van der Waals surface area contributed by atoms with Crippen LogP contribution in [0.2, 0.25) is 0 Å². The van der Waals surface area contributed by atoms with Crippen LogP contribution in [0, 0.1) is 24.3 Å². The van der Waals surface area contributed by atoms with Crippen LogP contribution in [0.25, 0.3) is 4.85 Å². The van der Waals surface area contributed by atoms with Gasteiger partial charge in [0.15, 0.2) is 30.4 Å². The molecule has 5 amide bonds. The van der Waals surface area contributed by atoms with Crippen molar-refractivity contribution in [2.75, 3.05) is 112 Å². The second-order valence-corrected chi connectivity index (χ2v) is 30.7. The fraction of sp³-hybridized carbons (Fsp3) is 0.808. The molecule has 0 aromatic rings. The SMILES string of the molecule is [C-]#[N+]CCOP(OCCOCCC(=O)N[C@@H](CCC(=O)N[C@@H](CCC(=O)CCCOCCOC1OC(COC(C)=O)C(OC(C)=O)C(C)C1NC(C)=O)C(=O)CCCOCCOC1OC(COC(C)=O)C(OC(C)=O)C(C)C1NC(C)=O)C(=O)CCCOCCOC1OC(COC(C)=O)C(OC(C)=O)C(C)C1NC(C)=O)N(C(C)C)C(C)C. The molecule has 0 saturated carbocycles. The number of ketones is 3. The van der Waals surface area contributed by atoms with E-state index in [4.69, 9.17) is 91.4 Å². The van der Waals surface area contributed by atoms with Crippen LogP contribution in [0.1, 0.15) is 181 Å². The first-order chi connectivity index (χ1) is 55.9. The summed E-state index contributed by atoms with van der Waals surface area (Å²) in [5.41, 5.74) is 0. The summed E-state index contributed by atoms with van der Waals surface area (Å²) in [7, 11) is -1.55. The minimum atomic E-state index is -1.55. The van der Waals surface area contributed by atoms with Crippen molar-refractivity contribution in [2.45, 2.75) is 279 Å². The average Bonchev–Trinajstić information content (AvgIpc) is 0.806. The standard InChI is InChI=1S/C78H128N7O32P/c1-46(2)85(47(3)4)118(110-34-29-79-17)111-42-38-103-33-28-69(99)84-62(64(97)23-20-32-102-37-41-106-78-72(82-53(10)88)50(7)75(114-59(16)94)67(117-78)45-109-56(13)91)26-27-68(98)83-61(63(96)22-19-31-101-36-40-105-77-71(81-52(9)87)49(6)74(113-58(15)93)66(116-77)44-108-55(12)90)25-24-60(95)21-18-30-100-35-39-104-76-70(80-51(8)86)48(5)73(112-57(14)92)65(115-76)43-107-54(11)89/h46-50,61-62,65-67,70-78H,18-45H2,1-16H3,(H,80,86)(H,81,87)(H,82,88)(H,83,98)(H,84,99)/t48?,49?,50?,61-,62-,65?,66?,67?,70?,71?,72?,73?,74?,75?,76?,77?,78?,118?/m0/s1. The first kappa shape index (κ1) is 105. The molecule has 3 saturated heterocycles. The molecular formula is C78H128N7O32P. The molecule has 3 heterocycles. The number of hydrogen-bond donors (Lipinski definition) is 5. The molecule has 0 radical (unpaired) electrons. The number of nitrogens with zero attached hydrogens (tertiary/aromatic N) is 2. The third kappa shape index (κ3) is 41.7. The Labute approximate surface area is 692 Å². The number of amides is 5. The maximum Gasteiger partial charge on any atom is 0.303 e. The van der Waals surface area contributed by atoms with E-state index in [1.165, 1.54) is 62.3 Å². The van der Waals surface area contributed by atoms with Gasteiger partial charge in [-0.15, -0.1) is 0 Å². The maximum atomic E-state index is 14.2. The Morgan fingerprint density at radius 2 is 0.729 bits per heavy atom. The highest BCUT2D eigenvalue weighted by molar-refractivity contribution is 7.44. The summed E-state index contributed by atoms with van der Waals surface area (Å²) in [5.74, 6) is -9.02. The summed E-state index contributed by atoms with van der Waals surface area (Å²) >= 11 is 0. The van der Waals surface area contributed by atoms with Crippen LogP contribution in [0.4, 0.5) is 0 Å². The van der Waals surface area contributed by atoms with Crippen molar-refractivity contribution in [3.05, 3.63) is 11.4 Å². The van der Waals surface area contributed by atoms with Crippen molar-refractivity contribution in [3.63, 3.8) is 0 Å². The maximum absolute atomic E-state index is 14.2. The number of carbonyl (C=O) groups is 14. The van der Waals surface area contributed by atoms with Gasteiger partial charge in [0.1, 0.15) is 68.8 Å². The summed E-state index contributed by atoms with van der Waals surface area (Å²) in [6.45, 7) is 31.0. The lowest BCUT2D eigenvalue weighted by atomic mass is 9.88. The van der Waals surface area contributed by atoms with Crippen molar-refractivity contribution in [3.8, 4) is 0 Å². The minimum Gasteiger partial charge on any atom is -0.463 e. The lowest BCUT2D eigenvalue weighted by Gasteiger charge is -2.44. The zero-order valence-corrected chi connectivity index (χ0v) is 72.1. The van der Waals surface area contributed by atoms with Gasteiger partial charge in [0.05, 0.1) is 89.7 Å². The molecule has 0 aromatic carbocycles. The molecule has 18 atom stereocenters. The minimum absolute atomic E-state index is 0.0127. The van der Waals surface area contributed by atoms with Crippen LogP contribution in [0.5, 0.6) is 0 Å². The Bertz CT molecular complexity index is 3190. The lowest BCUT2D eigenvalue weighted by molar-refractivity contribution is -0.264. The van der Waals surface area contributed by atoms with Crippen LogP contribution in [-0.4, -0.2) is 297 Å². The average molecular weight is 1710 g/mol. The fourth-order valence-electron chi connectivity index (χ4n) is 13.2. The predicted molar refractivity (Wildman–Crippen MR) is 416 cm³/mol. The van der Waals surface area contributed by atoms with Gasteiger partial charge in [-0.25, -0.2) is 11.2 Å². The molecule has 3 aliphatic rings. The highest BCUT2D eigenvalue weighted by Crippen LogP contribution is 2.46. The second-order valence-electron chi connectivity index (χ2n) is 29.3. The van der Waals surface area contributed by atoms with Gasteiger partial charge in [-0.3, -0.25) is 67.1 Å². The number of rotatable bonds is 59. The van der Waals surface area contributed by atoms with E-state index in [-0.39, 0.29) is 201 Å². The van der Waals surface area contributed by atoms with Crippen LogP contribution < -0.4 is 26.6 Å². The van der Waals surface area contributed by atoms with E-state index >= 15 is 0 Å². The van der Waals surface area contributed by atoms with E-state index in [2.05, 4.69) is 36.1 Å². The molecule has 0 aromatic heterocycles. The number of Topliss-reactive ketones (excluding diaryl/α,β-unsaturated/α-hetero) is 3. The number of ether oxygens (including phenoxy) is 16. The fourth-order valence-corrected chi connectivity index (χ4v) is 14.8. The van der Waals surface area contributed by atoms with Gasteiger partial charge in [-0.2, -0.15) is 0 Å². The van der Waals surface area contributed by atoms with E-state index in [9.17, 15) is 67.1 Å². The lowest BCUT2D eigenvalue weighted by Crippen LogP contribution is -2.62. The Morgan fingerprint density at radius 3 is 1.07 bits per heavy atom. The van der Waals surface area contributed by atoms with Crippen LogP contribution in [0.3, 0.4) is 0 Å². The van der Waals surface area contributed by atoms with E-state index in [1.807, 2.05) is 27.7 Å². The zero-order valence-electron chi connectivity index (χ0n) is 71.2. The molecule has 5 N–H and O–H groups in total. The summed E-state index contributed by atoms with van der Waals surface area (Å²) in [6, 6.07) is -4.72. The van der Waals surface area contributed by atoms with Gasteiger partial charge in [-0.1, -0.05) is 20.8 Å². The summed E-state index contributed by atoms with van der Waals surface area (Å²) in [6.07, 6.45) is -9.66. The molecule has 0 spiro atoms. The first-order valence-electron chi connectivity index (χ1n) is 40.1. The highest BCUT2D eigenvalue weighted by Gasteiger charge is 2.50. The van der Waals surface area contributed by atoms with Gasteiger partial charge in [-0.05, 0) is 59.8 Å². The largest absolute Gasteiger partial charge is 0.463 e. The van der Waals surface area contributed by atoms with Gasteiger partial charge >= 0.3 is 35.8 Å². The molecule has 3 rings (SSSR count). The van der Waals surface area contributed by atoms with Crippen LogP contribution in [-0.2, 0) is 152 Å². The van der Waals surface area contributed by atoms with Gasteiger partial charge < -0.3 is 116 Å². The van der Waals surface area contributed by atoms with Crippen molar-refractivity contribution in [1.29, 1.82) is 0 Å². The van der Waals surface area contributed by atoms with Crippen LogP contribution in [0.15, 0.2) is 0 Å². The van der Waals surface area contributed by atoms with Crippen molar-refractivity contribution < 1.29 is 152 Å². The molecule has 0 bridgehead atoms. The molecule has 3 aliphatic heterocycles. The third-order valence-electron chi connectivity index (χ3n) is 18.6. The number of esters is 6. The predicted octanol–water partition coefficient (Wildman–Crippen LogP) is 3.45. The van der Waals surface area contributed by atoms with Gasteiger partial charge in [0.25, 0.3) is 8.53 Å². The Balaban J connectivity index is 1.79. The van der Waals surface area contributed by atoms with Crippen molar-refractivity contribution in [2.24, 2.45) is 17.8 Å². The normalized spacial score (nSPS) is 23.7. The number of nitrogens with one attached hydrogen (secondary N) is 5. The first-order valence-corrected chi connectivity index (χ1v) is 41.3.